The number of rotatable bonds is 5. The van der Waals surface area contributed by atoms with E-state index in [0.717, 1.165) is 24.5 Å². The van der Waals surface area contributed by atoms with Gasteiger partial charge in [0.15, 0.2) is 11.5 Å². The Morgan fingerprint density at radius 3 is 2.88 bits per heavy atom. The van der Waals surface area contributed by atoms with E-state index in [1.54, 1.807) is 0 Å². The summed E-state index contributed by atoms with van der Waals surface area (Å²) >= 11 is 0. The normalized spacial score (nSPS) is 22.1. The lowest BCUT2D eigenvalue weighted by Crippen LogP contribution is -2.29. The smallest absolute Gasteiger partial charge is 0.166 e. The van der Waals surface area contributed by atoms with Crippen molar-refractivity contribution in [1.82, 2.24) is 5.32 Å². The van der Waals surface area contributed by atoms with Crippen LogP contribution in [0.5, 0.6) is 11.5 Å². The van der Waals surface area contributed by atoms with Crippen LogP contribution in [0.2, 0.25) is 0 Å². The van der Waals surface area contributed by atoms with E-state index in [-0.39, 0.29) is 12.1 Å². The van der Waals surface area contributed by atoms with Crippen LogP contribution in [-0.2, 0) is 0 Å². The summed E-state index contributed by atoms with van der Waals surface area (Å²) in [6, 6.07) is 6.41. The predicted molar refractivity (Wildman–Crippen MR) is 68.7 cm³/mol. The van der Waals surface area contributed by atoms with Gasteiger partial charge in [-0.2, -0.15) is 0 Å². The molecule has 3 heteroatoms. The van der Waals surface area contributed by atoms with Crippen LogP contribution in [0.15, 0.2) is 18.2 Å². The highest BCUT2D eigenvalue weighted by Crippen LogP contribution is 2.43. The van der Waals surface area contributed by atoms with Crippen molar-refractivity contribution in [3.63, 3.8) is 0 Å². The van der Waals surface area contributed by atoms with Crippen molar-refractivity contribution >= 4 is 0 Å². The van der Waals surface area contributed by atoms with Gasteiger partial charge in [0, 0.05) is 5.56 Å². The molecule has 2 atom stereocenters. The summed E-state index contributed by atoms with van der Waals surface area (Å²) in [7, 11) is 0. The molecule has 0 fully saturated rings. The molecule has 17 heavy (non-hydrogen) atoms. The molecule has 1 heterocycles. The van der Waals surface area contributed by atoms with Gasteiger partial charge < -0.3 is 14.8 Å². The van der Waals surface area contributed by atoms with Crippen molar-refractivity contribution in [3.8, 4) is 11.5 Å². The molecule has 1 aromatic carbocycles. The molecule has 94 valence electrons. The Morgan fingerprint density at radius 1 is 1.35 bits per heavy atom. The maximum atomic E-state index is 5.91. The van der Waals surface area contributed by atoms with Crippen LogP contribution in [0.4, 0.5) is 0 Å². The number of hydrogen-bond acceptors (Lipinski definition) is 3. The molecule has 3 nitrogen and oxygen atoms in total. The Hall–Kier alpha value is -1.22. The second kappa shape index (κ2) is 5.41. The second-order valence-corrected chi connectivity index (χ2v) is 4.36. The summed E-state index contributed by atoms with van der Waals surface area (Å²) in [5.74, 6) is 1.77. The zero-order valence-corrected chi connectivity index (χ0v) is 10.8. The standard InChI is InChI=1S/C14H21NO2/c1-4-9-15-13-10(3)17-14-11(13)7-6-8-12(14)16-5-2/h6-8,10,13,15H,4-5,9H2,1-3H3. The van der Waals surface area contributed by atoms with Crippen LogP contribution in [0.1, 0.15) is 38.8 Å². The minimum absolute atomic E-state index is 0.165. The van der Waals surface area contributed by atoms with E-state index in [9.17, 15) is 0 Å². The third-order valence-corrected chi connectivity index (χ3v) is 3.03. The molecule has 1 aliphatic rings. The zero-order chi connectivity index (χ0) is 12.3. The van der Waals surface area contributed by atoms with Gasteiger partial charge in [-0.3, -0.25) is 0 Å². The molecule has 0 bridgehead atoms. The van der Waals surface area contributed by atoms with E-state index in [0.29, 0.717) is 6.61 Å². The molecule has 0 radical (unpaired) electrons. The van der Waals surface area contributed by atoms with E-state index >= 15 is 0 Å². The predicted octanol–water partition coefficient (Wildman–Crippen LogP) is 2.91. The lowest BCUT2D eigenvalue weighted by Gasteiger charge is -2.15. The lowest BCUT2D eigenvalue weighted by molar-refractivity contribution is 0.200. The zero-order valence-electron chi connectivity index (χ0n) is 10.8. The molecule has 0 saturated heterocycles. The van der Waals surface area contributed by atoms with Crippen molar-refractivity contribution in [3.05, 3.63) is 23.8 Å². The third kappa shape index (κ3) is 2.39. The molecule has 0 spiro atoms. The molecular formula is C14H21NO2. The van der Waals surface area contributed by atoms with Gasteiger partial charge in [0.1, 0.15) is 6.10 Å². The van der Waals surface area contributed by atoms with E-state index in [2.05, 4.69) is 25.2 Å². The van der Waals surface area contributed by atoms with Crippen LogP contribution in [0.25, 0.3) is 0 Å². The van der Waals surface area contributed by atoms with Gasteiger partial charge in [-0.15, -0.1) is 0 Å². The lowest BCUT2D eigenvalue weighted by atomic mass is 10.0. The van der Waals surface area contributed by atoms with Crippen molar-refractivity contribution in [2.45, 2.75) is 39.3 Å². The molecule has 1 N–H and O–H groups in total. The molecule has 0 saturated carbocycles. The fraction of sp³-hybridized carbons (Fsp3) is 0.571. The number of fused-ring (bicyclic) bond motifs is 1. The van der Waals surface area contributed by atoms with Gasteiger partial charge in [-0.05, 0) is 32.9 Å². The van der Waals surface area contributed by atoms with Gasteiger partial charge in [0.25, 0.3) is 0 Å². The first-order valence-corrected chi connectivity index (χ1v) is 6.43. The van der Waals surface area contributed by atoms with Crippen molar-refractivity contribution in [2.75, 3.05) is 13.2 Å². The van der Waals surface area contributed by atoms with Gasteiger partial charge >= 0.3 is 0 Å². The molecular weight excluding hydrogens is 214 g/mol. The first kappa shape index (κ1) is 12.2. The van der Waals surface area contributed by atoms with Crippen LogP contribution in [0, 0.1) is 0 Å². The highest BCUT2D eigenvalue weighted by molar-refractivity contribution is 5.51. The quantitative estimate of drug-likeness (QED) is 0.851. The third-order valence-electron chi connectivity index (χ3n) is 3.03. The minimum atomic E-state index is 0.165. The number of ether oxygens (including phenoxy) is 2. The number of hydrogen-bond donors (Lipinski definition) is 1. The Balaban J connectivity index is 2.24. The van der Waals surface area contributed by atoms with Crippen LogP contribution in [0.3, 0.4) is 0 Å². The molecule has 0 amide bonds. The fourth-order valence-corrected chi connectivity index (χ4v) is 2.26. The number of para-hydroxylation sites is 1. The van der Waals surface area contributed by atoms with Crippen molar-refractivity contribution < 1.29 is 9.47 Å². The SMILES string of the molecule is CCCNC1c2cccc(OCC)c2OC1C. The van der Waals surface area contributed by atoms with Gasteiger partial charge in [0.2, 0.25) is 0 Å². The van der Waals surface area contributed by atoms with E-state index in [1.807, 2.05) is 19.1 Å². The van der Waals surface area contributed by atoms with Gasteiger partial charge in [0.05, 0.1) is 12.6 Å². The topological polar surface area (TPSA) is 30.5 Å². The summed E-state index contributed by atoms with van der Waals surface area (Å²) in [5, 5.41) is 3.53. The molecule has 2 rings (SSSR count). The summed E-state index contributed by atoms with van der Waals surface area (Å²) in [5.41, 5.74) is 1.22. The summed E-state index contributed by atoms with van der Waals surface area (Å²) in [4.78, 5) is 0. The van der Waals surface area contributed by atoms with Crippen molar-refractivity contribution in [2.24, 2.45) is 0 Å². The molecule has 1 aromatic rings. The van der Waals surface area contributed by atoms with Crippen LogP contribution in [-0.4, -0.2) is 19.3 Å². The fourth-order valence-electron chi connectivity index (χ4n) is 2.26. The number of nitrogens with one attached hydrogen (secondary N) is 1. The minimum Gasteiger partial charge on any atom is -0.490 e. The summed E-state index contributed by atoms with van der Waals surface area (Å²) in [6.45, 7) is 7.94. The maximum Gasteiger partial charge on any atom is 0.166 e. The van der Waals surface area contributed by atoms with Gasteiger partial charge in [-0.1, -0.05) is 19.1 Å². The Kier molecular flexibility index (Phi) is 3.89. The highest BCUT2D eigenvalue weighted by Gasteiger charge is 2.32. The van der Waals surface area contributed by atoms with E-state index in [1.165, 1.54) is 5.56 Å². The monoisotopic (exact) mass is 235 g/mol. The second-order valence-electron chi connectivity index (χ2n) is 4.36. The van der Waals surface area contributed by atoms with E-state index in [4.69, 9.17) is 9.47 Å². The molecule has 1 aliphatic heterocycles. The van der Waals surface area contributed by atoms with E-state index < -0.39 is 0 Å². The summed E-state index contributed by atoms with van der Waals surface area (Å²) < 4.78 is 11.5. The van der Waals surface area contributed by atoms with Crippen LogP contribution < -0.4 is 14.8 Å². The van der Waals surface area contributed by atoms with Crippen LogP contribution >= 0.6 is 0 Å². The average Bonchev–Trinajstić information content (AvgIpc) is 2.64. The first-order valence-electron chi connectivity index (χ1n) is 6.43. The largest absolute Gasteiger partial charge is 0.490 e. The highest BCUT2D eigenvalue weighted by atomic mass is 16.5. The Bertz CT molecular complexity index is 378. The molecule has 2 unspecified atom stereocenters. The Labute approximate surface area is 103 Å². The summed E-state index contributed by atoms with van der Waals surface area (Å²) in [6.07, 6.45) is 1.29. The molecule has 0 aliphatic carbocycles. The average molecular weight is 235 g/mol. The number of benzene rings is 1. The molecule has 0 aromatic heterocycles. The first-order chi connectivity index (χ1) is 8.27. The Morgan fingerprint density at radius 2 is 2.18 bits per heavy atom. The van der Waals surface area contributed by atoms with Gasteiger partial charge in [-0.25, -0.2) is 0 Å². The van der Waals surface area contributed by atoms with Crippen molar-refractivity contribution in [1.29, 1.82) is 0 Å². The maximum absolute atomic E-state index is 5.91.